The Kier molecular flexibility index (Phi) is 4.60. The monoisotopic (exact) mass is 398 g/mol. The number of amides is 1. The molecule has 28 heavy (non-hydrogen) atoms. The molecule has 5 nitrogen and oxygen atoms in total. The van der Waals surface area contributed by atoms with Gasteiger partial charge in [-0.25, -0.2) is 0 Å². The number of ketones is 1. The van der Waals surface area contributed by atoms with Crippen LogP contribution >= 0.6 is 11.6 Å². The van der Waals surface area contributed by atoms with Gasteiger partial charge in [0.15, 0.2) is 5.78 Å². The average molecular weight is 399 g/mol. The first-order valence-corrected chi connectivity index (χ1v) is 9.98. The minimum absolute atomic E-state index is 0.0195. The number of nitriles is 1. The fourth-order valence-corrected chi connectivity index (χ4v) is 4.75. The number of morpholine rings is 1. The number of Topliss-reactive ketones (excluding diaryl/α,β-unsaturated/α-hetero) is 1. The Morgan fingerprint density at radius 2 is 2.04 bits per heavy atom. The lowest BCUT2D eigenvalue weighted by Gasteiger charge is -2.46. The van der Waals surface area contributed by atoms with Gasteiger partial charge in [-0.15, -0.1) is 0 Å². The molecule has 1 heterocycles. The third-order valence-electron chi connectivity index (χ3n) is 6.06. The number of nitrogens with zero attached hydrogens (tertiary/aromatic N) is 2. The van der Waals surface area contributed by atoms with Crippen LogP contribution in [-0.4, -0.2) is 41.9 Å². The van der Waals surface area contributed by atoms with Crippen LogP contribution in [0.5, 0.6) is 0 Å². The average Bonchev–Trinajstić information content (AvgIpc) is 3.45. The van der Waals surface area contributed by atoms with Crippen molar-refractivity contribution in [3.05, 3.63) is 46.5 Å². The summed E-state index contributed by atoms with van der Waals surface area (Å²) in [4.78, 5) is 27.4. The van der Waals surface area contributed by atoms with E-state index in [0.717, 1.165) is 12.0 Å². The van der Waals surface area contributed by atoms with Gasteiger partial charge in [0.05, 0.1) is 18.7 Å². The molecule has 3 atom stereocenters. The number of benzene rings is 1. The molecule has 2 fully saturated rings. The van der Waals surface area contributed by atoms with E-state index in [1.807, 2.05) is 49.1 Å². The van der Waals surface area contributed by atoms with Crippen LogP contribution in [0, 0.1) is 22.7 Å². The summed E-state index contributed by atoms with van der Waals surface area (Å²) in [6, 6.07) is 9.69. The second-order valence-electron chi connectivity index (χ2n) is 8.73. The third kappa shape index (κ3) is 3.36. The minimum Gasteiger partial charge on any atom is -0.367 e. The van der Waals surface area contributed by atoms with E-state index < -0.39 is 11.0 Å². The number of halogens is 1. The number of hydrogen-bond donors (Lipinski definition) is 0. The van der Waals surface area contributed by atoms with E-state index in [1.54, 1.807) is 6.08 Å². The highest BCUT2D eigenvalue weighted by molar-refractivity contribution is 6.30. The Labute approximate surface area is 169 Å². The molecule has 1 saturated carbocycles. The van der Waals surface area contributed by atoms with Crippen LogP contribution in [0.3, 0.4) is 0 Å². The zero-order chi connectivity index (χ0) is 20.1. The molecule has 1 amide bonds. The molecule has 2 aliphatic carbocycles. The fourth-order valence-electron chi connectivity index (χ4n) is 4.63. The molecule has 1 aromatic rings. The number of allylic oxidation sites excluding steroid dienone is 1. The van der Waals surface area contributed by atoms with Gasteiger partial charge < -0.3 is 9.64 Å². The summed E-state index contributed by atoms with van der Waals surface area (Å²) in [6.45, 7) is 5.00. The van der Waals surface area contributed by atoms with Gasteiger partial charge in [-0.05, 0) is 42.5 Å². The first kappa shape index (κ1) is 19.2. The van der Waals surface area contributed by atoms with Crippen molar-refractivity contribution in [2.45, 2.75) is 38.2 Å². The largest absolute Gasteiger partial charge is 0.367 e. The molecule has 0 bridgehead atoms. The van der Waals surface area contributed by atoms with Crippen LogP contribution in [0.1, 0.15) is 38.2 Å². The molecule has 0 radical (unpaired) electrons. The molecule has 1 spiro atoms. The quantitative estimate of drug-likeness (QED) is 0.764. The summed E-state index contributed by atoms with van der Waals surface area (Å²) in [5, 5.41) is 10.1. The molecular formula is C22H23ClN2O3. The van der Waals surface area contributed by atoms with Crippen molar-refractivity contribution in [1.29, 1.82) is 5.26 Å². The molecule has 146 valence electrons. The van der Waals surface area contributed by atoms with Crippen molar-refractivity contribution in [3.8, 4) is 6.07 Å². The topological polar surface area (TPSA) is 70.4 Å². The second kappa shape index (κ2) is 6.72. The number of hydrogen-bond acceptors (Lipinski definition) is 4. The van der Waals surface area contributed by atoms with Crippen LogP contribution < -0.4 is 0 Å². The Hall–Kier alpha value is -2.16. The zero-order valence-electron chi connectivity index (χ0n) is 16.1. The predicted octanol–water partition coefficient (Wildman–Crippen LogP) is 3.49. The number of rotatable bonds is 2. The van der Waals surface area contributed by atoms with Crippen molar-refractivity contribution in [2.24, 2.45) is 11.3 Å². The van der Waals surface area contributed by atoms with Gasteiger partial charge >= 0.3 is 0 Å². The summed E-state index contributed by atoms with van der Waals surface area (Å²) in [5.74, 6) is 0.189. The highest BCUT2D eigenvalue weighted by atomic mass is 35.5. The van der Waals surface area contributed by atoms with E-state index in [0.29, 0.717) is 31.1 Å². The minimum atomic E-state index is -0.763. The Morgan fingerprint density at radius 1 is 1.32 bits per heavy atom. The van der Waals surface area contributed by atoms with E-state index in [-0.39, 0.29) is 29.1 Å². The number of ether oxygens (including phenoxy) is 1. The molecular weight excluding hydrogens is 376 g/mol. The third-order valence-corrected chi connectivity index (χ3v) is 6.31. The highest BCUT2D eigenvalue weighted by Gasteiger charge is 2.51. The molecule has 6 heteroatoms. The van der Waals surface area contributed by atoms with Gasteiger partial charge in [-0.1, -0.05) is 37.6 Å². The van der Waals surface area contributed by atoms with Gasteiger partial charge in [0.25, 0.3) is 0 Å². The maximum Gasteiger partial charge on any atom is 0.226 e. The molecule has 1 aliphatic heterocycles. The standard InChI is InChI=1S/C22H23ClN2O3/c1-21(2)12-22(10-15(11-24)19(21)26)13-25(7-8-28-22)20(27)18-9-17(18)14-3-5-16(23)6-4-14/h3-6,10,17-18H,7-9,12-13H2,1-2H3. The van der Waals surface area contributed by atoms with Crippen molar-refractivity contribution in [1.82, 2.24) is 4.90 Å². The molecule has 0 aromatic heterocycles. The normalized spacial score (nSPS) is 31.3. The van der Waals surface area contributed by atoms with Crippen molar-refractivity contribution in [2.75, 3.05) is 19.7 Å². The number of carbonyl (C=O) groups excluding carboxylic acids is 2. The first-order valence-electron chi connectivity index (χ1n) is 9.61. The maximum absolute atomic E-state index is 13.1. The fraction of sp³-hybridized carbons (Fsp3) is 0.500. The smallest absolute Gasteiger partial charge is 0.226 e. The van der Waals surface area contributed by atoms with Crippen LogP contribution in [0.2, 0.25) is 5.02 Å². The Bertz CT molecular complexity index is 899. The van der Waals surface area contributed by atoms with Crippen molar-refractivity contribution in [3.63, 3.8) is 0 Å². The summed E-state index contributed by atoms with van der Waals surface area (Å²) in [6.07, 6.45) is 2.96. The Morgan fingerprint density at radius 3 is 2.71 bits per heavy atom. The van der Waals surface area contributed by atoms with Crippen LogP contribution in [0.4, 0.5) is 0 Å². The maximum atomic E-state index is 13.1. The summed E-state index contributed by atoms with van der Waals surface area (Å²) in [5.41, 5.74) is -0.170. The van der Waals surface area contributed by atoms with Gasteiger partial charge in [0.2, 0.25) is 5.91 Å². The lowest BCUT2D eigenvalue weighted by atomic mass is 9.69. The van der Waals surface area contributed by atoms with Crippen LogP contribution in [0.25, 0.3) is 0 Å². The number of carbonyl (C=O) groups is 2. The van der Waals surface area contributed by atoms with E-state index in [9.17, 15) is 14.9 Å². The molecule has 3 aliphatic rings. The van der Waals surface area contributed by atoms with E-state index in [4.69, 9.17) is 16.3 Å². The van der Waals surface area contributed by atoms with Crippen LogP contribution in [0.15, 0.2) is 35.9 Å². The van der Waals surface area contributed by atoms with Gasteiger partial charge in [-0.3, -0.25) is 9.59 Å². The molecule has 0 N–H and O–H groups in total. The van der Waals surface area contributed by atoms with Gasteiger partial charge in [0.1, 0.15) is 11.7 Å². The molecule has 1 aromatic carbocycles. The van der Waals surface area contributed by atoms with E-state index in [1.165, 1.54) is 0 Å². The van der Waals surface area contributed by atoms with E-state index in [2.05, 4.69) is 0 Å². The van der Waals surface area contributed by atoms with Crippen molar-refractivity contribution >= 4 is 23.3 Å². The SMILES string of the molecule is CC1(C)CC2(C=C(C#N)C1=O)CN(C(=O)C1CC1c1ccc(Cl)cc1)CCO2. The molecule has 3 unspecified atom stereocenters. The highest BCUT2D eigenvalue weighted by Crippen LogP contribution is 2.49. The van der Waals surface area contributed by atoms with Crippen molar-refractivity contribution < 1.29 is 14.3 Å². The zero-order valence-corrected chi connectivity index (χ0v) is 16.8. The predicted molar refractivity (Wildman–Crippen MR) is 105 cm³/mol. The molecule has 1 saturated heterocycles. The molecule has 4 rings (SSSR count). The van der Waals surface area contributed by atoms with E-state index >= 15 is 0 Å². The second-order valence-corrected chi connectivity index (χ2v) is 9.17. The summed E-state index contributed by atoms with van der Waals surface area (Å²) < 4.78 is 6.04. The lowest BCUT2D eigenvalue weighted by molar-refractivity contribution is -0.152. The summed E-state index contributed by atoms with van der Waals surface area (Å²) in [7, 11) is 0. The lowest BCUT2D eigenvalue weighted by Crippen LogP contribution is -2.57. The van der Waals surface area contributed by atoms with Gasteiger partial charge in [-0.2, -0.15) is 5.26 Å². The first-order chi connectivity index (χ1) is 13.2. The van der Waals surface area contributed by atoms with Gasteiger partial charge in [0, 0.05) is 22.9 Å². The summed E-state index contributed by atoms with van der Waals surface area (Å²) >= 11 is 5.96. The Balaban J connectivity index is 1.51. The van der Waals surface area contributed by atoms with Crippen LogP contribution in [-0.2, 0) is 14.3 Å².